The lowest BCUT2D eigenvalue weighted by atomic mass is 10.1. The van der Waals surface area contributed by atoms with Crippen molar-refractivity contribution in [3.63, 3.8) is 0 Å². The van der Waals surface area contributed by atoms with Crippen LogP contribution in [0.25, 0.3) is 0 Å². The molecule has 15 heavy (non-hydrogen) atoms. The summed E-state index contributed by atoms with van der Waals surface area (Å²) in [5.41, 5.74) is 0. The maximum absolute atomic E-state index is 13.3. The van der Waals surface area contributed by atoms with Crippen molar-refractivity contribution in [3.8, 4) is 5.75 Å². The van der Waals surface area contributed by atoms with E-state index in [9.17, 15) is 4.39 Å². The normalized spacial score (nSPS) is 20.5. The molecule has 1 aliphatic heterocycles. The second kappa shape index (κ2) is 4.81. The Hall–Kier alpha value is -0.800. The molecular formula is C11H13ClFNO. The predicted octanol–water partition coefficient (Wildman–Crippen LogP) is 2.47. The number of nitrogens with one attached hydrogen (secondary N) is 1. The van der Waals surface area contributed by atoms with E-state index in [-0.39, 0.29) is 5.75 Å². The molecule has 1 fully saturated rings. The summed E-state index contributed by atoms with van der Waals surface area (Å²) in [6, 6.07) is 4.47. The fourth-order valence-corrected chi connectivity index (χ4v) is 1.82. The van der Waals surface area contributed by atoms with Gasteiger partial charge in [0, 0.05) is 17.5 Å². The summed E-state index contributed by atoms with van der Waals surface area (Å²) in [6.07, 6.45) is 1.09. The molecule has 1 aliphatic rings. The molecule has 82 valence electrons. The molecule has 1 heterocycles. The number of benzene rings is 1. The first-order valence-corrected chi connectivity index (χ1v) is 5.42. The first-order chi connectivity index (χ1) is 7.25. The van der Waals surface area contributed by atoms with E-state index in [1.807, 2.05) is 0 Å². The largest absolute Gasteiger partial charge is 0.490 e. The quantitative estimate of drug-likeness (QED) is 0.860. The molecule has 0 bridgehead atoms. The Balaban J connectivity index is 1.92. The fraction of sp³-hybridized carbons (Fsp3) is 0.455. The number of rotatable bonds is 3. The molecule has 1 atom stereocenters. The highest BCUT2D eigenvalue weighted by molar-refractivity contribution is 6.30. The van der Waals surface area contributed by atoms with Crippen LogP contribution in [0, 0.1) is 11.7 Å². The molecule has 0 amide bonds. The zero-order chi connectivity index (χ0) is 10.7. The van der Waals surface area contributed by atoms with E-state index in [0.717, 1.165) is 19.5 Å². The maximum atomic E-state index is 13.3. The van der Waals surface area contributed by atoms with Gasteiger partial charge in [-0.1, -0.05) is 11.6 Å². The summed E-state index contributed by atoms with van der Waals surface area (Å²) in [6.45, 7) is 2.54. The van der Waals surface area contributed by atoms with Crippen molar-refractivity contribution in [3.05, 3.63) is 29.0 Å². The van der Waals surface area contributed by atoms with Gasteiger partial charge in [0.2, 0.25) is 0 Å². The van der Waals surface area contributed by atoms with Crippen molar-refractivity contribution in [2.24, 2.45) is 5.92 Å². The molecule has 1 saturated heterocycles. The van der Waals surface area contributed by atoms with Gasteiger partial charge in [-0.15, -0.1) is 0 Å². The van der Waals surface area contributed by atoms with Gasteiger partial charge in [0.1, 0.15) is 0 Å². The van der Waals surface area contributed by atoms with E-state index >= 15 is 0 Å². The van der Waals surface area contributed by atoms with E-state index in [4.69, 9.17) is 16.3 Å². The molecule has 0 aliphatic carbocycles. The molecule has 0 radical (unpaired) electrons. The number of hydrogen-bond acceptors (Lipinski definition) is 2. The van der Waals surface area contributed by atoms with E-state index in [0.29, 0.717) is 17.5 Å². The van der Waals surface area contributed by atoms with Gasteiger partial charge in [-0.2, -0.15) is 0 Å². The van der Waals surface area contributed by atoms with Gasteiger partial charge in [-0.3, -0.25) is 0 Å². The van der Waals surface area contributed by atoms with Gasteiger partial charge in [0.05, 0.1) is 6.61 Å². The van der Waals surface area contributed by atoms with Crippen molar-refractivity contribution in [2.75, 3.05) is 19.7 Å². The summed E-state index contributed by atoms with van der Waals surface area (Å²) < 4.78 is 18.7. The molecule has 0 unspecified atom stereocenters. The number of ether oxygens (including phenoxy) is 1. The summed E-state index contributed by atoms with van der Waals surface area (Å²) in [7, 11) is 0. The standard InChI is InChI=1S/C11H13ClFNO/c12-9-1-2-11(10(13)5-9)15-7-8-3-4-14-6-8/h1-2,5,8,14H,3-4,6-7H2/t8-/m1/s1. The molecule has 1 aromatic carbocycles. The van der Waals surface area contributed by atoms with E-state index in [1.165, 1.54) is 6.07 Å². The van der Waals surface area contributed by atoms with Crippen LogP contribution >= 0.6 is 11.6 Å². The summed E-state index contributed by atoms with van der Waals surface area (Å²) in [4.78, 5) is 0. The minimum atomic E-state index is -0.395. The second-order valence-corrected chi connectivity index (χ2v) is 4.18. The summed E-state index contributed by atoms with van der Waals surface area (Å²) in [5, 5.41) is 3.63. The van der Waals surface area contributed by atoms with Gasteiger partial charge in [0.25, 0.3) is 0 Å². The number of hydrogen-bond donors (Lipinski definition) is 1. The van der Waals surface area contributed by atoms with Crippen LogP contribution in [-0.2, 0) is 0 Å². The minimum absolute atomic E-state index is 0.284. The lowest BCUT2D eigenvalue weighted by Crippen LogP contribution is -2.15. The second-order valence-electron chi connectivity index (χ2n) is 3.74. The minimum Gasteiger partial charge on any atom is -0.490 e. The Bertz CT molecular complexity index is 339. The fourth-order valence-electron chi connectivity index (χ4n) is 1.66. The molecule has 1 N–H and O–H groups in total. The van der Waals surface area contributed by atoms with Crippen molar-refractivity contribution in [1.29, 1.82) is 0 Å². The molecule has 0 spiro atoms. The van der Waals surface area contributed by atoms with Crippen LogP contribution in [-0.4, -0.2) is 19.7 Å². The zero-order valence-electron chi connectivity index (χ0n) is 8.30. The molecular weight excluding hydrogens is 217 g/mol. The van der Waals surface area contributed by atoms with Crippen LogP contribution in [0.5, 0.6) is 5.75 Å². The van der Waals surface area contributed by atoms with Gasteiger partial charge >= 0.3 is 0 Å². The third-order valence-corrected chi connectivity index (χ3v) is 2.77. The lowest BCUT2D eigenvalue weighted by Gasteiger charge is -2.11. The molecule has 0 saturated carbocycles. The Morgan fingerprint density at radius 2 is 2.40 bits per heavy atom. The van der Waals surface area contributed by atoms with E-state index < -0.39 is 5.82 Å². The highest BCUT2D eigenvalue weighted by Gasteiger charge is 2.15. The van der Waals surface area contributed by atoms with Crippen molar-refractivity contribution < 1.29 is 9.13 Å². The molecule has 4 heteroatoms. The summed E-state index contributed by atoms with van der Waals surface area (Å²) in [5.74, 6) is 0.375. The number of halogens is 2. The topological polar surface area (TPSA) is 21.3 Å². The van der Waals surface area contributed by atoms with Crippen LogP contribution in [0.4, 0.5) is 4.39 Å². The third-order valence-electron chi connectivity index (χ3n) is 2.53. The molecule has 2 nitrogen and oxygen atoms in total. The van der Waals surface area contributed by atoms with Crippen LogP contribution in [0.15, 0.2) is 18.2 Å². The highest BCUT2D eigenvalue weighted by Crippen LogP contribution is 2.22. The maximum Gasteiger partial charge on any atom is 0.166 e. The first-order valence-electron chi connectivity index (χ1n) is 5.04. The average molecular weight is 230 g/mol. The lowest BCUT2D eigenvalue weighted by molar-refractivity contribution is 0.249. The highest BCUT2D eigenvalue weighted by atomic mass is 35.5. The Kier molecular flexibility index (Phi) is 3.44. The molecule has 0 aromatic heterocycles. The molecule has 2 rings (SSSR count). The van der Waals surface area contributed by atoms with E-state index in [2.05, 4.69) is 5.32 Å². The van der Waals surface area contributed by atoms with Gasteiger partial charge in [0.15, 0.2) is 11.6 Å². The van der Waals surface area contributed by atoms with Gasteiger partial charge < -0.3 is 10.1 Å². The zero-order valence-corrected chi connectivity index (χ0v) is 9.06. The van der Waals surface area contributed by atoms with Crippen LogP contribution in [0.1, 0.15) is 6.42 Å². The van der Waals surface area contributed by atoms with Gasteiger partial charge in [-0.25, -0.2) is 4.39 Å². The van der Waals surface area contributed by atoms with Crippen molar-refractivity contribution in [2.45, 2.75) is 6.42 Å². The van der Waals surface area contributed by atoms with E-state index in [1.54, 1.807) is 12.1 Å². The van der Waals surface area contributed by atoms with Crippen LogP contribution in [0.2, 0.25) is 5.02 Å². The Morgan fingerprint density at radius 3 is 3.07 bits per heavy atom. The monoisotopic (exact) mass is 229 g/mol. The average Bonchev–Trinajstić information content (AvgIpc) is 2.69. The smallest absolute Gasteiger partial charge is 0.166 e. The van der Waals surface area contributed by atoms with Crippen molar-refractivity contribution in [1.82, 2.24) is 5.32 Å². The van der Waals surface area contributed by atoms with Crippen molar-refractivity contribution >= 4 is 11.6 Å². The predicted molar refractivity (Wildman–Crippen MR) is 57.9 cm³/mol. The third kappa shape index (κ3) is 2.83. The van der Waals surface area contributed by atoms with Gasteiger partial charge in [-0.05, 0) is 31.2 Å². The Labute approximate surface area is 93.4 Å². The van der Waals surface area contributed by atoms with Crippen LogP contribution in [0.3, 0.4) is 0 Å². The SMILES string of the molecule is Fc1cc(Cl)ccc1OC[C@@H]1CCNC1. The van der Waals surface area contributed by atoms with Crippen LogP contribution < -0.4 is 10.1 Å². The summed E-state index contributed by atoms with van der Waals surface area (Å²) >= 11 is 5.64. The first kappa shape index (κ1) is 10.7. The molecule has 1 aromatic rings. The Morgan fingerprint density at radius 1 is 1.53 bits per heavy atom.